The van der Waals surface area contributed by atoms with Gasteiger partial charge in [0.2, 0.25) is 0 Å². The molecule has 0 aliphatic heterocycles. The van der Waals surface area contributed by atoms with E-state index >= 15 is 0 Å². The van der Waals surface area contributed by atoms with E-state index in [9.17, 15) is 9.59 Å². The van der Waals surface area contributed by atoms with Gasteiger partial charge in [0.05, 0.1) is 31.5 Å². The van der Waals surface area contributed by atoms with Gasteiger partial charge in [-0.3, -0.25) is 9.59 Å². The highest BCUT2D eigenvalue weighted by Gasteiger charge is 2.19. The van der Waals surface area contributed by atoms with Gasteiger partial charge in [0.15, 0.2) is 4.80 Å². The van der Waals surface area contributed by atoms with Crippen molar-refractivity contribution in [3.8, 4) is 11.5 Å². The molecule has 3 rings (SSSR count). The van der Waals surface area contributed by atoms with Gasteiger partial charge in [-0.1, -0.05) is 36.8 Å². The van der Waals surface area contributed by atoms with Gasteiger partial charge in [0.1, 0.15) is 23.6 Å². The Kier molecular flexibility index (Phi) is 7.46. The molecule has 0 unspecified atom stereocenters. The number of ether oxygens (including phenoxy) is 3. The minimum atomic E-state index is -0.509. The predicted molar refractivity (Wildman–Crippen MR) is 120 cm³/mol. The van der Waals surface area contributed by atoms with Crippen LogP contribution >= 0.6 is 11.3 Å². The standard InChI is InChI=1S/C23H26N2O5S/c1-5-6-8-15-11-12-16-19(13-15)31-23(25(16)14-20(26)30-4)24-22(27)21-17(28-2)9-7-10-18(21)29-3/h7,9-13H,5-6,8,14H2,1-4H3. The molecule has 7 nitrogen and oxygen atoms in total. The van der Waals surface area contributed by atoms with E-state index in [0.717, 1.165) is 29.5 Å². The van der Waals surface area contributed by atoms with Crippen LogP contribution in [0.15, 0.2) is 41.4 Å². The molecule has 3 aromatic rings. The number of carbonyl (C=O) groups excluding carboxylic acids is 2. The highest BCUT2D eigenvalue weighted by Crippen LogP contribution is 2.29. The fraction of sp³-hybridized carbons (Fsp3) is 0.348. The zero-order valence-corrected chi connectivity index (χ0v) is 19.0. The summed E-state index contributed by atoms with van der Waals surface area (Å²) in [5, 5.41) is 0. The fourth-order valence-electron chi connectivity index (χ4n) is 3.29. The maximum atomic E-state index is 13.1. The molecule has 0 aliphatic rings. The summed E-state index contributed by atoms with van der Waals surface area (Å²) >= 11 is 1.36. The first-order chi connectivity index (χ1) is 15.0. The average molecular weight is 443 g/mol. The highest BCUT2D eigenvalue weighted by molar-refractivity contribution is 7.16. The minimum Gasteiger partial charge on any atom is -0.496 e. The molecular weight excluding hydrogens is 416 g/mol. The van der Waals surface area contributed by atoms with Crippen LogP contribution in [-0.4, -0.2) is 37.8 Å². The maximum absolute atomic E-state index is 13.1. The topological polar surface area (TPSA) is 79.1 Å². The number of amides is 1. The number of hydrogen-bond acceptors (Lipinski definition) is 6. The smallest absolute Gasteiger partial charge is 0.325 e. The third-order valence-electron chi connectivity index (χ3n) is 4.92. The summed E-state index contributed by atoms with van der Waals surface area (Å²) in [5.74, 6) is -0.185. The van der Waals surface area contributed by atoms with Crippen LogP contribution in [0.4, 0.5) is 0 Å². The van der Waals surface area contributed by atoms with Gasteiger partial charge in [0, 0.05) is 0 Å². The molecule has 164 valence electrons. The summed E-state index contributed by atoms with van der Waals surface area (Å²) in [7, 11) is 4.31. The fourth-order valence-corrected chi connectivity index (χ4v) is 4.38. The van der Waals surface area contributed by atoms with Crippen molar-refractivity contribution in [3.63, 3.8) is 0 Å². The summed E-state index contributed by atoms with van der Waals surface area (Å²) in [5.41, 5.74) is 2.28. The lowest BCUT2D eigenvalue weighted by atomic mass is 10.1. The van der Waals surface area contributed by atoms with Crippen molar-refractivity contribution in [1.29, 1.82) is 0 Å². The van der Waals surface area contributed by atoms with E-state index in [1.807, 2.05) is 12.1 Å². The van der Waals surface area contributed by atoms with Crippen LogP contribution in [-0.2, 0) is 22.5 Å². The summed E-state index contributed by atoms with van der Waals surface area (Å²) in [6, 6.07) is 11.2. The van der Waals surface area contributed by atoms with Gasteiger partial charge >= 0.3 is 5.97 Å². The van der Waals surface area contributed by atoms with Crippen LogP contribution < -0.4 is 14.3 Å². The largest absolute Gasteiger partial charge is 0.496 e. The number of unbranched alkanes of at least 4 members (excludes halogenated alkanes) is 1. The molecular formula is C23H26N2O5S. The molecule has 8 heteroatoms. The van der Waals surface area contributed by atoms with E-state index in [1.54, 1.807) is 22.8 Å². The van der Waals surface area contributed by atoms with Crippen molar-refractivity contribution in [2.75, 3.05) is 21.3 Å². The Labute approximate surface area is 184 Å². The predicted octanol–water partition coefficient (Wildman–Crippen LogP) is 3.98. The molecule has 0 saturated carbocycles. The third kappa shape index (κ3) is 4.96. The quantitative estimate of drug-likeness (QED) is 0.493. The van der Waals surface area contributed by atoms with Crippen molar-refractivity contribution in [2.24, 2.45) is 4.99 Å². The first-order valence-electron chi connectivity index (χ1n) is 10.0. The molecule has 1 heterocycles. The molecule has 1 aromatic heterocycles. The van der Waals surface area contributed by atoms with Crippen LogP contribution in [0.3, 0.4) is 0 Å². The molecule has 0 fully saturated rings. The van der Waals surface area contributed by atoms with Gasteiger partial charge in [0.25, 0.3) is 5.91 Å². The molecule has 0 N–H and O–H groups in total. The van der Waals surface area contributed by atoms with Crippen LogP contribution in [0.25, 0.3) is 10.2 Å². The number of benzene rings is 2. The van der Waals surface area contributed by atoms with Crippen molar-refractivity contribution in [1.82, 2.24) is 4.57 Å². The van der Waals surface area contributed by atoms with Crippen molar-refractivity contribution in [2.45, 2.75) is 32.7 Å². The van der Waals surface area contributed by atoms with Crippen LogP contribution in [0.2, 0.25) is 0 Å². The molecule has 0 bridgehead atoms. The Bertz CT molecular complexity index is 1140. The molecule has 2 aromatic carbocycles. The molecule has 0 radical (unpaired) electrons. The number of carbonyl (C=O) groups is 2. The van der Waals surface area contributed by atoms with Crippen molar-refractivity contribution >= 4 is 33.4 Å². The number of aryl methyl sites for hydroxylation is 1. The Hall–Kier alpha value is -3.13. The molecule has 1 amide bonds. The number of aromatic nitrogens is 1. The van der Waals surface area contributed by atoms with Crippen molar-refractivity contribution < 1.29 is 23.8 Å². The number of fused-ring (bicyclic) bond motifs is 1. The first kappa shape index (κ1) is 22.6. The summed E-state index contributed by atoms with van der Waals surface area (Å²) in [4.78, 5) is 29.9. The Morgan fingerprint density at radius 2 is 1.77 bits per heavy atom. The van der Waals surface area contributed by atoms with Crippen molar-refractivity contribution in [3.05, 3.63) is 52.3 Å². The lowest BCUT2D eigenvalue weighted by Crippen LogP contribution is -2.22. The van der Waals surface area contributed by atoms with E-state index in [0.29, 0.717) is 16.3 Å². The minimum absolute atomic E-state index is 0.0417. The number of rotatable bonds is 8. The van der Waals surface area contributed by atoms with Crippen LogP contribution in [0, 0.1) is 0 Å². The van der Waals surface area contributed by atoms with Gasteiger partial charge in [-0.2, -0.15) is 4.99 Å². The van der Waals surface area contributed by atoms with E-state index in [4.69, 9.17) is 14.2 Å². The van der Waals surface area contributed by atoms with Gasteiger partial charge in [-0.05, 0) is 42.7 Å². The number of nitrogens with zero attached hydrogens (tertiary/aromatic N) is 2. The Morgan fingerprint density at radius 3 is 2.39 bits per heavy atom. The zero-order valence-electron chi connectivity index (χ0n) is 18.1. The van der Waals surface area contributed by atoms with Gasteiger partial charge in [-0.15, -0.1) is 0 Å². The molecule has 0 aliphatic carbocycles. The monoisotopic (exact) mass is 442 g/mol. The molecule has 0 atom stereocenters. The van der Waals surface area contributed by atoms with Crippen LogP contribution in [0.5, 0.6) is 11.5 Å². The summed E-state index contributed by atoms with van der Waals surface area (Å²) < 4.78 is 18.2. The second-order valence-corrected chi connectivity index (χ2v) is 7.92. The van der Waals surface area contributed by atoms with E-state index in [1.165, 1.54) is 38.2 Å². The van der Waals surface area contributed by atoms with Gasteiger partial charge in [-0.25, -0.2) is 0 Å². The SMILES string of the molecule is CCCCc1ccc2c(c1)sc(=NC(=O)c1c(OC)cccc1OC)n2CC(=O)OC. The number of methoxy groups -OCH3 is 3. The number of hydrogen-bond donors (Lipinski definition) is 0. The highest BCUT2D eigenvalue weighted by atomic mass is 32.1. The third-order valence-corrected chi connectivity index (χ3v) is 5.96. The first-order valence-corrected chi connectivity index (χ1v) is 10.8. The Balaban J connectivity index is 2.15. The zero-order chi connectivity index (χ0) is 22.4. The molecule has 31 heavy (non-hydrogen) atoms. The second-order valence-electron chi connectivity index (χ2n) is 6.91. The Morgan fingerprint density at radius 1 is 1.06 bits per heavy atom. The lowest BCUT2D eigenvalue weighted by molar-refractivity contribution is -0.141. The van der Waals surface area contributed by atoms with Crippen LogP contribution in [0.1, 0.15) is 35.7 Å². The van der Waals surface area contributed by atoms with E-state index in [2.05, 4.69) is 18.0 Å². The summed E-state index contributed by atoms with van der Waals surface area (Å²) in [6.07, 6.45) is 3.19. The average Bonchev–Trinajstić information content (AvgIpc) is 3.12. The normalized spacial score (nSPS) is 11.5. The van der Waals surface area contributed by atoms with E-state index < -0.39 is 11.9 Å². The van der Waals surface area contributed by atoms with E-state index in [-0.39, 0.29) is 12.1 Å². The van der Waals surface area contributed by atoms with Gasteiger partial charge < -0.3 is 18.8 Å². The number of esters is 1. The summed E-state index contributed by atoms with van der Waals surface area (Å²) in [6.45, 7) is 2.11. The second kappa shape index (κ2) is 10.3. The molecule has 0 saturated heterocycles. The maximum Gasteiger partial charge on any atom is 0.325 e. The lowest BCUT2D eigenvalue weighted by Gasteiger charge is -2.09. The molecule has 0 spiro atoms. The number of thiazole rings is 1.